The molecular formula is C20H23N3O4S. The maximum Gasteiger partial charge on any atom is 0.264 e. The van der Waals surface area contributed by atoms with Crippen LogP contribution in [0.25, 0.3) is 0 Å². The Morgan fingerprint density at radius 1 is 1.11 bits per heavy atom. The Kier molecular flexibility index (Phi) is 6.11. The molecule has 7 nitrogen and oxygen atoms in total. The van der Waals surface area contributed by atoms with Crippen molar-refractivity contribution in [2.24, 2.45) is 0 Å². The SMILES string of the molecule is Cc1cccc(OCc2nc(CCN(C)S(=O)(=O)c3ccccc3C)no2)c1. The molecule has 3 rings (SSSR count). The van der Waals surface area contributed by atoms with Crippen molar-refractivity contribution < 1.29 is 17.7 Å². The summed E-state index contributed by atoms with van der Waals surface area (Å²) >= 11 is 0. The van der Waals surface area contributed by atoms with E-state index >= 15 is 0 Å². The molecule has 1 aromatic heterocycles. The summed E-state index contributed by atoms with van der Waals surface area (Å²) in [6.07, 6.45) is 0.343. The fourth-order valence-corrected chi connectivity index (χ4v) is 4.08. The Bertz CT molecular complexity index is 1050. The van der Waals surface area contributed by atoms with Crippen LogP contribution < -0.4 is 4.74 Å². The molecule has 148 valence electrons. The Morgan fingerprint density at radius 3 is 2.64 bits per heavy atom. The van der Waals surface area contributed by atoms with E-state index in [1.807, 2.05) is 37.3 Å². The molecule has 0 saturated heterocycles. The monoisotopic (exact) mass is 401 g/mol. The highest BCUT2D eigenvalue weighted by molar-refractivity contribution is 7.89. The van der Waals surface area contributed by atoms with Crippen LogP contribution in [0.1, 0.15) is 22.8 Å². The third-order valence-electron chi connectivity index (χ3n) is 4.29. The number of sulfonamides is 1. The molecule has 0 N–H and O–H groups in total. The molecular weight excluding hydrogens is 378 g/mol. The van der Waals surface area contributed by atoms with Gasteiger partial charge in [-0.3, -0.25) is 0 Å². The lowest BCUT2D eigenvalue weighted by Gasteiger charge is -2.17. The fraction of sp³-hybridized carbons (Fsp3) is 0.300. The van der Waals surface area contributed by atoms with Gasteiger partial charge in [-0.25, -0.2) is 12.7 Å². The minimum absolute atomic E-state index is 0.161. The summed E-state index contributed by atoms with van der Waals surface area (Å²) in [5, 5.41) is 3.90. The van der Waals surface area contributed by atoms with Gasteiger partial charge in [-0.15, -0.1) is 0 Å². The average Bonchev–Trinajstić information content (AvgIpc) is 3.12. The zero-order valence-corrected chi connectivity index (χ0v) is 16.9. The zero-order valence-electron chi connectivity index (χ0n) is 16.1. The Hall–Kier alpha value is -2.71. The molecule has 0 aliphatic rings. The summed E-state index contributed by atoms with van der Waals surface area (Å²) in [5.74, 6) is 1.51. The number of ether oxygens (including phenoxy) is 1. The normalized spacial score (nSPS) is 11.7. The standard InChI is InChI=1S/C20H23N3O4S/c1-15-7-6-9-17(13-15)26-14-20-21-19(22-27-20)11-12-23(3)28(24,25)18-10-5-4-8-16(18)2/h4-10,13H,11-12,14H2,1-3H3. The van der Waals surface area contributed by atoms with Crippen LogP contribution in [-0.2, 0) is 23.1 Å². The molecule has 0 atom stereocenters. The highest BCUT2D eigenvalue weighted by atomic mass is 32.2. The van der Waals surface area contributed by atoms with E-state index < -0.39 is 10.0 Å². The predicted molar refractivity (Wildman–Crippen MR) is 105 cm³/mol. The fourth-order valence-electron chi connectivity index (χ4n) is 2.69. The molecule has 0 amide bonds. The van der Waals surface area contributed by atoms with Crippen LogP contribution in [0.2, 0.25) is 0 Å². The minimum atomic E-state index is -3.56. The maximum atomic E-state index is 12.7. The summed E-state index contributed by atoms with van der Waals surface area (Å²) in [6, 6.07) is 14.6. The first kappa shape index (κ1) is 20.0. The van der Waals surface area contributed by atoms with Crippen LogP contribution in [0, 0.1) is 13.8 Å². The highest BCUT2D eigenvalue weighted by Crippen LogP contribution is 2.18. The largest absolute Gasteiger partial charge is 0.484 e. The topological polar surface area (TPSA) is 85.5 Å². The molecule has 0 saturated carbocycles. The van der Waals surface area contributed by atoms with Crippen molar-refractivity contribution in [1.82, 2.24) is 14.4 Å². The van der Waals surface area contributed by atoms with Crippen molar-refractivity contribution in [2.75, 3.05) is 13.6 Å². The third kappa shape index (κ3) is 4.76. The summed E-state index contributed by atoms with van der Waals surface area (Å²) in [5.41, 5.74) is 1.81. The molecule has 0 aliphatic carbocycles. The molecule has 0 unspecified atom stereocenters. The highest BCUT2D eigenvalue weighted by Gasteiger charge is 2.22. The van der Waals surface area contributed by atoms with Crippen LogP contribution in [0.4, 0.5) is 0 Å². The van der Waals surface area contributed by atoms with Gasteiger partial charge in [-0.05, 0) is 43.2 Å². The number of aromatic nitrogens is 2. The number of nitrogens with zero attached hydrogens (tertiary/aromatic N) is 3. The van der Waals surface area contributed by atoms with E-state index in [0.717, 1.165) is 11.3 Å². The van der Waals surface area contributed by atoms with Gasteiger partial charge in [0.15, 0.2) is 12.4 Å². The lowest BCUT2D eigenvalue weighted by atomic mass is 10.2. The third-order valence-corrected chi connectivity index (χ3v) is 6.31. The molecule has 8 heteroatoms. The second kappa shape index (κ2) is 8.53. The summed E-state index contributed by atoms with van der Waals surface area (Å²) in [4.78, 5) is 4.57. The number of benzene rings is 2. The Balaban J connectivity index is 1.57. The maximum absolute atomic E-state index is 12.7. The smallest absolute Gasteiger partial charge is 0.264 e. The Labute approximate surface area is 165 Å². The van der Waals surface area contributed by atoms with Gasteiger partial charge in [0.1, 0.15) is 5.75 Å². The summed E-state index contributed by atoms with van der Waals surface area (Å²) < 4.78 is 37.5. The van der Waals surface area contributed by atoms with Gasteiger partial charge < -0.3 is 9.26 Å². The second-order valence-electron chi connectivity index (χ2n) is 6.55. The van der Waals surface area contributed by atoms with E-state index in [0.29, 0.717) is 28.6 Å². The summed E-state index contributed by atoms with van der Waals surface area (Å²) in [7, 11) is -2.02. The van der Waals surface area contributed by atoms with Crippen LogP contribution >= 0.6 is 0 Å². The first-order valence-corrected chi connectivity index (χ1v) is 10.3. The van der Waals surface area contributed by atoms with Crippen molar-refractivity contribution in [3.8, 4) is 5.75 Å². The van der Waals surface area contributed by atoms with E-state index in [4.69, 9.17) is 9.26 Å². The van der Waals surface area contributed by atoms with Gasteiger partial charge in [0.2, 0.25) is 10.0 Å². The lowest BCUT2D eigenvalue weighted by Crippen LogP contribution is -2.29. The van der Waals surface area contributed by atoms with Gasteiger partial charge in [0, 0.05) is 20.0 Å². The molecule has 0 bridgehead atoms. The quantitative estimate of drug-likeness (QED) is 0.576. The van der Waals surface area contributed by atoms with E-state index in [1.54, 1.807) is 32.2 Å². The average molecular weight is 401 g/mol. The van der Waals surface area contributed by atoms with Gasteiger partial charge in [0.25, 0.3) is 5.89 Å². The number of likely N-dealkylation sites (N-methyl/N-ethyl adjacent to an activating group) is 1. The van der Waals surface area contributed by atoms with Crippen molar-refractivity contribution in [3.05, 3.63) is 71.4 Å². The van der Waals surface area contributed by atoms with E-state index in [1.165, 1.54) is 4.31 Å². The number of hydrogen-bond acceptors (Lipinski definition) is 6. The van der Waals surface area contributed by atoms with Crippen LogP contribution in [-0.4, -0.2) is 36.5 Å². The molecule has 0 aliphatic heterocycles. The first-order valence-electron chi connectivity index (χ1n) is 8.89. The van der Waals surface area contributed by atoms with Crippen molar-refractivity contribution in [3.63, 3.8) is 0 Å². The zero-order chi connectivity index (χ0) is 20.1. The van der Waals surface area contributed by atoms with Crippen molar-refractivity contribution >= 4 is 10.0 Å². The molecule has 0 spiro atoms. The molecule has 0 radical (unpaired) electrons. The van der Waals surface area contributed by atoms with Crippen molar-refractivity contribution in [1.29, 1.82) is 0 Å². The first-order chi connectivity index (χ1) is 13.4. The lowest BCUT2D eigenvalue weighted by molar-refractivity contribution is 0.242. The predicted octanol–water partition coefficient (Wildman–Crippen LogP) is 3.13. The number of aryl methyl sites for hydroxylation is 2. The van der Waals surface area contributed by atoms with Crippen LogP contribution in [0.15, 0.2) is 57.9 Å². The van der Waals surface area contributed by atoms with E-state index in [9.17, 15) is 8.42 Å². The van der Waals surface area contributed by atoms with Gasteiger partial charge in [-0.2, -0.15) is 4.98 Å². The van der Waals surface area contributed by atoms with Gasteiger partial charge in [-0.1, -0.05) is 35.5 Å². The number of hydrogen-bond donors (Lipinski definition) is 0. The van der Waals surface area contributed by atoms with Crippen LogP contribution in [0.3, 0.4) is 0 Å². The molecule has 1 heterocycles. The van der Waals surface area contributed by atoms with Crippen molar-refractivity contribution in [2.45, 2.75) is 31.8 Å². The molecule has 0 fully saturated rings. The van der Waals surface area contributed by atoms with Gasteiger partial charge >= 0.3 is 0 Å². The molecule has 28 heavy (non-hydrogen) atoms. The van der Waals surface area contributed by atoms with Crippen LogP contribution in [0.5, 0.6) is 5.75 Å². The van der Waals surface area contributed by atoms with Gasteiger partial charge in [0.05, 0.1) is 4.90 Å². The minimum Gasteiger partial charge on any atom is -0.484 e. The molecule has 2 aromatic carbocycles. The second-order valence-corrected chi connectivity index (χ2v) is 8.56. The summed E-state index contributed by atoms with van der Waals surface area (Å²) in [6.45, 7) is 4.17. The van der Waals surface area contributed by atoms with E-state index in [2.05, 4.69) is 10.1 Å². The Morgan fingerprint density at radius 2 is 1.89 bits per heavy atom. The molecule has 3 aromatic rings. The van der Waals surface area contributed by atoms with E-state index in [-0.39, 0.29) is 13.2 Å². The number of rotatable bonds is 8.